The molecule has 1 heterocycles. The topological polar surface area (TPSA) is 46.4 Å². The first-order chi connectivity index (χ1) is 13.5. The van der Waals surface area contributed by atoms with Gasteiger partial charge in [0.2, 0.25) is 0 Å². The first kappa shape index (κ1) is 18.4. The minimum absolute atomic E-state index is 0.464. The summed E-state index contributed by atoms with van der Waals surface area (Å²) in [6, 6.07) is 20.8. The van der Waals surface area contributed by atoms with Gasteiger partial charge in [0.05, 0.1) is 19.8 Å². The average molecular weight is 374 g/mol. The molecule has 0 spiro atoms. The maximum absolute atomic E-state index is 10.7. The molecule has 4 aromatic rings. The fraction of sp³-hybridized carbons (Fsp3) is 0.250. The van der Waals surface area contributed by atoms with Gasteiger partial charge in [0.25, 0.3) is 0 Å². The third-order valence-electron chi connectivity index (χ3n) is 5.18. The van der Waals surface area contributed by atoms with Crippen LogP contribution in [0, 0.1) is 13.8 Å². The molecule has 1 unspecified atom stereocenters. The predicted octanol–water partition coefficient (Wildman–Crippen LogP) is 4.89. The molecule has 3 aromatic carbocycles. The van der Waals surface area contributed by atoms with Crippen molar-refractivity contribution in [1.29, 1.82) is 0 Å². The van der Waals surface area contributed by atoms with Crippen molar-refractivity contribution >= 4 is 27.5 Å². The Morgan fingerprint density at radius 2 is 1.57 bits per heavy atom. The lowest BCUT2D eigenvalue weighted by atomic mass is 10.1. The van der Waals surface area contributed by atoms with E-state index in [2.05, 4.69) is 60.1 Å². The van der Waals surface area contributed by atoms with Gasteiger partial charge in [0.1, 0.15) is 5.75 Å². The minimum Gasteiger partial charge on any atom is -0.497 e. The molecule has 0 saturated carbocycles. The van der Waals surface area contributed by atoms with E-state index in [4.69, 9.17) is 4.74 Å². The van der Waals surface area contributed by atoms with E-state index in [9.17, 15) is 5.11 Å². The SMILES string of the molecule is COc1cccc(NCC(O)Cn2c3ccc(C)cc3c3cc(C)ccc32)c1. The minimum atomic E-state index is -0.521. The van der Waals surface area contributed by atoms with E-state index in [0.717, 1.165) is 22.5 Å². The number of hydrogen-bond acceptors (Lipinski definition) is 3. The van der Waals surface area contributed by atoms with Crippen molar-refractivity contribution in [3.63, 3.8) is 0 Å². The number of ether oxygens (including phenoxy) is 1. The number of anilines is 1. The van der Waals surface area contributed by atoms with E-state index in [0.29, 0.717) is 13.1 Å². The van der Waals surface area contributed by atoms with Gasteiger partial charge in [-0.05, 0) is 50.2 Å². The molecule has 28 heavy (non-hydrogen) atoms. The number of aliphatic hydroxyl groups excluding tert-OH is 1. The maximum Gasteiger partial charge on any atom is 0.120 e. The van der Waals surface area contributed by atoms with Crippen LogP contribution < -0.4 is 10.1 Å². The summed E-state index contributed by atoms with van der Waals surface area (Å²) < 4.78 is 7.48. The Kier molecular flexibility index (Phi) is 4.97. The molecule has 0 bridgehead atoms. The van der Waals surface area contributed by atoms with Gasteiger partial charge in [0, 0.05) is 40.1 Å². The largest absolute Gasteiger partial charge is 0.497 e. The van der Waals surface area contributed by atoms with Gasteiger partial charge in [-0.1, -0.05) is 29.3 Å². The fourth-order valence-corrected chi connectivity index (χ4v) is 3.77. The summed E-state index contributed by atoms with van der Waals surface area (Å²) in [5, 5.41) is 16.5. The predicted molar refractivity (Wildman–Crippen MR) is 116 cm³/mol. The van der Waals surface area contributed by atoms with Gasteiger partial charge in [-0.2, -0.15) is 0 Å². The van der Waals surface area contributed by atoms with E-state index in [1.165, 1.54) is 21.9 Å². The number of rotatable bonds is 6. The average Bonchev–Trinajstić information content (AvgIpc) is 2.99. The molecule has 0 amide bonds. The van der Waals surface area contributed by atoms with Gasteiger partial charge < -0.3 is 19.7 Å². The quantitative estimate of drug-likeness (QED) is 0.505. The van der Waals surface area contributed by atoms with Crippen molar-refractivity contribution < 1.29 is 9.84 Å². The zero-order valence-corrected chi connectivity index (χ0v) is 16.6. The number of methoxy groups -OCH3 is 1. The van der Waals surface area contributed by atoms with Crippen molar-refractivity contribution in [2.24, 2.45) is 0 Å². The summed E-state index contributed by atoms with van der Waals surface area (Å²) in [6.45, 7) is 5.23. The third kappa shape index (κ3) is 3.56. The van der Waals surface area contributed by atoms with E-state index in [1.54, 1.807) is 7.11 Å². The molecule has 4 nitrogen and oxygen atoms in total. The Bertz CT molecular complexity index is 1070. The van der Waals surface area contributed by atoms with Gasteiger partial charge in [-0.25, -0.2) is 0 Å². The Morgan fingerprint density at radius 1 is 0.929 bits per heavy atom. The normalized spacial score (nSPS) is 12.4. The van der Waals surface area contributed by atoms with Crippen LogP contribution in [0.5, 0.6) is 5.75 Å². The zero-order chi connectivity index (χ0) is 19.7. The third-order valence-corrected chi connectivity index (χ3v) is 5.18. The van der Waals surface area contributed by atoms with Crippen LogP contribution in [-0.2, 0) is 6.54 Å². The van der Waals surface area contributed by atoms with Gasteiger partial charge >= 0.3 is 0 Å². The van der Waals surface area contributed by atoms with Gasteiger partial charge in [-0.3, -0.25) is 0 Å². The smallest absolute Gasteiger partial charge is 0.120 e. The van der Waals surface area contributed by atoms with Crippen LogP contribution in [0.3, 0.4) is 0 Å². The highest BCUT2D eigenvalue weighted by Gasteiger charge is 2.14. The summed E-state index contributed by atoms with van der Waals surface area (Å²) in [6.07, 6.45) is -0.521. The number of hydrogen-bond donors (Lipinski definition) is 2. The fourth-order valence-electron chi connectivity index (χ4n) is 3.77. The monoisotopic (exact) mass is 374 g/mol. The number of fused-ring (bicyclic) bond motifs is 3. The Morgan fingerprint density at radius 3 is 2.18 bits per heavy atom. The number of aryl methyl sites for hydroxylation is 2. The molecule has 0 saturated heterocycles. The lowest BCUT2D eigenvalue weighted by molar-refractivity contribution is 0.169. The molecular formula is C24H26N2O2. The van der Waals surface area contributed by atoms with E-state index in [1.807, 2.05) is 24.3 Å². The molecule has 1 atom stereocenters. The molecule has 0 fully saturated rings. The number of aromatic nitrogens is 1. The summed E-state index contributed by atoms with van der Waals surface area (Å²) in [7, 11) is 1.65. The van der Waals surface area contributed by atoms with Crippen molar-refractivity contribution in [2.45, 2.75) is 26.5 Å². The summed E-state index contributed by atoms with van der Waals surface area (Å²) in [5.74, 6) is 0.799. The van der Waals surface area contributed by atoms with Crippen LogP contribution in [0.2, 0.25) is 0 Å². The maximum atomic E-state index is 10.7. The molecule has 0 aliphatic carbocycles. The van der Waals surface area contributed by atoms with Crippen molar-refractivity contribution in [1.82, 2.24) is 4.57 Å². The summed E-state index contributed by atoms with van der Waals surface area (Å²) >= 11 is 0. The molecule has 2 N–H and O–H groups in total. The molecule has 4 rings (SSSR count). The van der Waals surface area contributed by atoms with Gasteiger partial charge in [-0.15, -0.1) is 0 Å². The number of nitrogens with one attached hydrogen (secondary N) is 1. The van der Waals surface area contributed by atoms with Gasteiger partial charge in [0.15, 0.2) is 0 Å². The van der Waals surface area contributed by atoms with Crippen LogP contribution in [0.15, 0.2) is 60.7 Å². The molecule has 144 valence electrons. The first-order valence-electron chi connectivity index (χ1n) is 9.60. The van der Waals surface area contributed by atoms with E-state index in [-0.39, 0.29) is 0 Å². The number of aliphatic hydroxyl groups is 1. The lowest BCUT2D eigenvalue weighted by Gasteiger charge is -2.16. The van der Waals surface area contributed by atoms with Crippen LogP contribution in [0.4, 0.5) is 5.69 Å². The van der Waals surface area contributed by atoms with Crippen LogP contribution in [-0.4, -0.2) is 29.4 Å². The second-order valence-corrected chi connectivity index (χ2v) is 7.42. The van der Waals surface area contributed by atoms with Crippen molar-refractivity contribution in [2.75, 3.05) is 19.0 Å². The van der Waals surface area contributed by atoms with Crippen molar-refractivity contribution in [3.8, 4) is 5.75 Å². The summed E-state index contributed by atoms with van der Waals surface area (Å²) in [4.78, 5) is 0. The highest BCUT2D eigenvalue weighted by molar-refractivity contribution is 6.08. The molecular weight excluding hydrogens is 348 g/mol. The van der Waals surface area contributed by atoms with Crippen LogP contribution in [0.25, 0.3) is 21.8 Å². The second-order valence-electron chi connectivity index (χ2n) is 7.42. The molecule has 1 aromatic heterocycles. The second kappa shape index (κ2) is 7.56. The van der Waals surface area contributed by atoms with E-state index < -0.39 is 6.10 Å². The lowest BCUT2D eigenvalue weighted by Crippen LogP contribution is -2.24. The summed E-state index contributed by atoms with van der Waals surface area (Å²) in [5.41, 5.74) is 5.74. The highest BCUT2D eigenvalue weighted by Crippen LogP contribution is 2.31. The Balaban J connectivity index is 1.61. The highest BCUT2D eigenvalue weighted by atomic mass is 16.5. The first-order valence-corrected chi connectivity index (χ1v) is 9.60. The van der Waals surface area contributed by atoms with Crippen LogP contribution in [0.1, 0.15) is 11.1 Å². The number of nitrogens with zero attached hydrogens (tertiary/aromatic N) is 1. The number of benzene rings is 3. The Labute approximate surface area is 165 Å². The zero-order valence-electron chi connectivity index (χ0n) is 16.6. The van der Waals surface area contributed by atoms with E-state index >= 15 is 0 Å². The van der Waals surface area contributed by atoms with Crippen LogP contribution >= 0.6 is 0 Å². The molecule has 4 heteroatoms. The molecule has 0 radical (unpaired) electrons. The standard InChI is InChI=1S/C24H26N2O2/c1-16-7-9-23-21(11-16)22-12-17(2)8-10-24(22)26(23)15-19(27)14-25-18-5-4-6-20(13-18)28-3/h4-13,19,25,27H,14-15H2,1-3H3. The van der Waals surface area contributed by atoms with Crippen molar-refractivity contribution in [3.05, 3.63) is 71.8 Å². The molecule has 0 aliphatic heterocycles. The Hall–Kier alpha value is -2.98. The molecule has 0 aliphatic rings.